The van der Waals surface area contributed by atoms with E-state index in [-0.39, 0.29) is 0 Å². The van der Waals surface area contributed by atoms with Crippen molar-refractivity contribution in [2.75, 3.05) is 0 Å². The molecule has 0 bridgehead atoms. The van der Waals surface area contributed by atoms with E-state index in [2.05, 4.69) is 143 Å². The van der Waals surface area contributed by atoms with Gasteiger partial charge >= 0.3 is 0 Å². The lowest BCUT2D eigenvalue weighted by Gasteiger charge is -2.12. The van der Waals surface area contributed by atoms with Gasteiger partial charge in [0.2, 0.25) is 0 Å². The minimum atomic E-state index is 1.16. The van der Waals surface area contributed by atoms with Gasteiger partial charge in [-0.1, -0.05) is 97.1 Å². The maximum atomic E-state index is 4.48. The Labute approximate surface area is 237 Å². The largest absolute Gasteiger partial charge is 0.309 e. The minimum Gasteiger partial charge on any atom is -0.309 e. The van der Waals surface area contributed by atoms with E-state index in [1.165, 1.54) is 71.7 Å². The second-order valence-corrected chi connectivity index (χ2v) is 10.8. The molecule has 0 atom stereocenters. The van der Waals surface area contributed by atoms with Gasteiger partial charge in [0, 0.05) is 28.9 Å². The highest BCUT2D eigenvalue weighted by molar-refractivity contribution is 6.18. The number of benzene rings is 6. The molecule has 2 nitrogen and oxygen atoms in total. The SMILES string of the molecule is c1ccc(-n2c3ccncc3c3cc(-c4cccc(-c5ccc6c7c(cccc57)-c5ccccc5-6)c4)ccc32)cc1. The van der Waals surface area contributed by atoms with Gasteiger partial charge in [-0.25, -0.2) is 0 Å². The number of para-hydroxylation sites is 1. The standard InChI is InChI=1S/C39H24N2/c1-2-10-28(11-3-1)41-37-19-16-26(23-35(37)36-24-40-21-20-38(36)41)25-8-6-9-27(22-25)29-17-18-34-31-13-5-4-12-30(31)33-15-7-14-32(29)39(33)34/h1-24H. The molecule has 6 aromatic carbocycles. The van der Waals surface area contributed by atoms with Gasteiger partial charge in [-0.05, 0) is 91.7 Å². The Bertz CT molecular complexity index is 2280. The number of nitrogens with zero attached hydrogens (tertiary/aromatic N) is 2. The lowest BCUT2D eigenvalue weighted by Crippen LogP contribution is -1.93. The van der Waals surface area contributed by atoms with Crippen molar-refractivity contribution in [2.45, 2.75) is 0 Å². The maximum absolute atomic E-state index is 4.48. The summed E-state index contributed by atoms with van der Waals surface area (Å²) in [6, 6.07) is 48.5. The van der Waals surface area contributed by atoms with E-state index >= 15 is 0 Å². The fourth-order valence-electron chi connectivity index (χ4n) is 6.83. The first-order chi connectivity index (χ1) is 20.3. The van der Waals surface area contributed by atoms with E-state index < -0.39 is 0 Å². The van der Waals surface area contributed by atoms with Gasteiger partial charge in [0.1, 0.15) is 0 Å². The van der Waals surface area contributed by atoms with Gasteiger partial charge in [-0.15, -0.1) is 0 Å². The van der Waals surface area contributed by atoms with Crippen LogP contribution in [-0.4, -0.2) is 9.55 Å². The Hall–Kier alpha value is -5.47. The Morgan fingerprint density at radius 3 is 1.98 bits per heavy atom. The van der Waals surface area contributed by atoms with E-state index in [9.17, 15) is 0 Å². The van der Waals surface area contributed by atoms with Crippen molar-refractivity contribution in [3.63, 3.8) is 0 Å². The van der Waals surface area contributed by atoms with Crippen molar-refractivity contribution in [2.24, 2.45) is 0 Å². The van der Waals surface area contributed by atoms with Crippen molar-refractivity contribution >= 4 is 32.6 Å². The van der Waals surface area contributed by atoms with Gasteiger partial charge in [0.15, 0.2) is 0 Å². The molecule has 1 aliphatic carbocycles. The summed E-state index contributed by atoms with van der Waals surface area (Å²) < 4.78 is 2.33. The van der Waals surface area contributed by atoms with Crippen molar-refractivity contribution < 1.29 is 0 Å². The normalized spacial score (nSPS) is 11.9. The second kappa shape index (κ2) is 8.51. The predicted molar refractivity (Wildman–Crippen MR) is 171 cm³/mol. The van der Waals surface area contributed by atoms with Crippen molar-refractivity contribution in [3.05, 3.63) is 146 Å². The lowest BCUT2D eigenvalue weighted by molar-refractivity contribution is 1.17. The second-order valence-electron chi connectivity index (χ2n) is 10.8. The van der Waals surface area contributed by atoms with Crippen LogP contribution in [0, 0.1) is 0 Å². The van der Waals surface area contributed by atoms with Crippen LogP contribution in [0.25, 0.3) is 82.8 Å². The van der Waals surface area contributed by atoms with Crippen LogP contribution in [0.1, 0.15) is 0 Å². The summed E-state index contributed by atoms with van der Waals surface area (Å²) in [7, 11) is 0. The van der Waals surface area contributed by atoms with Gasteiger partial charge in [0.25, 0.3) is 0 Å². The molecule has 0 amide bonds. The van der Waals surface area contributed by atoms with Gasteiger partial charge in [-0.3, -0.25) is 4.98 Å². The molecule has 2 heterocycles. The zero-order valence-electron chi connectivity index (χ0n) is 22.3. The zero-order chi connectivity index (χ0) is 26.9. The summed E-state index contributed by atoms with van der Waals surface area (Å²) in [5.74, 6) is 0. The molecule has 2 heteroatoms. The molecule has 1 aliphatic rings. The van der Waals surface area contributed by atoms with Gasteiger partial charge in [0.05, 0.1) is 11.0 Å². The van der Waals surface area contributed by atoms with Crippen molar-refractivity contribution in [1.82, 2.24) is 9.55 Å². The third-order valence-electron chi connectivity index (χ3n) is 8.64. The minimum absolute atomic E-state index is 1.16. The summed E-state index contributed by atoms with van der Waals surface area (Å²) in [6.07, 6.45) is 3.86. The summed E-state index contributed by atoms with van der Waals surface area (Å²) in [5.41, 5.74) is 13.7. The molecule has 9 rings (SSSR count). The first-order valence-electron chi connectivity index (χ1n) is 14.1. The monoisotopic (exact) mass is 520 g/mol. The van der Waals surface area contributed by atoms with Gasteiger partial charge in [-0.2, -0.15) is 0 Å². The van der Waals surface area contributed by atoms with E-state index in [0.717, 1.165) is 11.1 Å². The van der Waals surface area contributed by atoms with Crippen LogP contribution < -0.4 is 0 Å². The van der Waals surface area contributed by atoms with Crippen LogP contribution in [-0.2, 0) is 0 Å². The fourth-order valence-corrected chi connectivity index (χ4v) is 6.83. The third kappa shape index (κ3) is 3.22. The Balaban J connectivity index is 1.21. The summed E-state index contributed by atoms with van der Waals surface area (Å²) in [4.78, 5) is 4.48. The molecule has 0 spiro atoms. The molecule has 0 fully saturated rings. The number of fused-ring (bicyclic) bond motifs is 6. The highest BCUT2D eigenvalue weighted by atomic mass is 15.0. The zero-order valence-corrected chi connectivity index (χ0v) is 22.3. The molecule has 41 heavy (non-hydrogen) atoms. The quantitative estimate of drug-likeness (QED) is 0.227. The average molecular weight is 521 g/mol. The van der Waals surface area contributed by atoms with Crippen molar-refractivity contribution in [1.29, 1.82) is 0 Å². The van der Waals surface area contributed by atoms with Crippen molar-refractivity contribution in [3.8, 4) is 50.2 Å². The molecule has 0 unspecified atom stereocenters. The maximum Gasteiger partial charge on any atom is 0.0571 e. The number of hydrogen-bond donors (Lipinski definition) is 0. The molecule has 0 N–H and O–H groups in total. The van der Waals surface area contributed by atoms with E-state index in [1.54, 1.807) is 0 Å². The summed E-state index contributed by atoms with van der Waals surface area (Å²) in [6.45, 7) is 0. The highest BCUT2D eigenvalue weighted by Crippen LogP contribution is 2.49. The Morgan fingerprint density at radius 1 is 0.415 bits per heavy atom. The smallest absolute Gasteiger partial charge is 0.0571 e. The molecule has 190 valence electrons. The van der Waals surface area contributed by atoms with Gasteiger partial charge < -0.3 is 4.57 Å². The van der Waals surface area contributed by atoms with Crippen LogP contribution in [0.5, 0.6) is 0 Å². The average Bonchev–Trinajstić information content (AvgIpc) is 3.55. The number of pyridine rings is 1. The van der Waals surface area contributed by atoms with Crippen LogP contribution in [0.2, 0.25) is 0 Å². The van der Waals surface area contributed by atoms with Crippen LogP contribution >= 0.6 is 0 Å². The van der Waals surface area contributed by atoms with Crippen LogP contribution in [0.3, 0.4) is 0 Å². The van der Waals surface area contributed by atoms with E-state index in [1.807, 2.05) is 12.4 Å². The fraction of sp³-hybridized carbons (Fsp3) is 0. The molecule has 0 aliphatic heterocycles. The Kier molecular flexibility index (Phi) is 4.64. The highest BCUT2D eigenvalue weighted by Gasteiger charge is 2.22. The molecule has 0 saturated heterocycles. The first kappa shape index (κ1) is 22.4. The number of rotatable bonds is 3. The third-order valence-corrected chi connectivity index (χ3v) is 8.64. The summed E-state index contributed by atoms with van der Waals surface area (Å²) in [5, 5.41) is 5.04. The van der Waals surface area contributed by atoms with Crippen LogP contribution in [0.4, 0.5) is 0 Å². The van der Waals surface area contributed by atoms with Crippen LogP contribution in [0.15, 0.2) is 146 Å². The number of aromatic nitrogens is 2. The topological polar surface area (TPSA) is 17.8 Å². The molecular formula is C39H24N2. The number of hydrogen-bond acceptors (Lipinski definition) is 1. The first-order valence-corrected chi connectivity index (χ1v) is 14.1. The van der Waals surface area contributed by atoms with E-state index in [4.69, 9.17) is 0 Å². The Morgan fingerprint density at radius 2 is 1.10 bits per heavy atom. The molecule has 0 saturated carbocycles. The predicted octanol–water partition coefficient (Wildman–Crippen LogP) is 10.3. The lowest BCUT2D eigenvalue weighted by atomic mass is 9.92. The molecule has 0 radical (unpaired) electrons. The molecule has 2 aromatic heterocycles. The molecule has 8 aromatic rings. The summed E-state index contributed by atoms with van der Waals surface area (Å²) >= 11 is 0. The van der Waals surface area contributed by atoms with E-state index in [0.29, 0.717) is 0 Å². The molecular weight excluding hydrogens is 496 g/mol.